The van der Waals surface area contributed by atoms with Crippen molar-refractivity contribution in [3.63, 3.8) is 0 Å². The lowest BCUT2D eigenvalue weighted by Gasteiger charge is -2.07. The van der Waals surface area contributed by atoms with Crippen LogP contribution in [0.1, 0.15) is 63.5 Å². The summed E-state index contributed by atoms with van der Waals surface area (Å²) in [5, 5.41) is 9.87. The molecule has 0 aliphatic heterocycles. The number of hydrogen-bond donors (Lipinski definition) is 1. The van der Waals surface area contributed by atoms with E-state index in [1.165, 1.54) is 51.4 Å². The van der Waals surface area contributed by atoms with Crippen LogP contribution in [-0.4, -0.2) is 23.8 Å². The molecule has 0 fully saturated rings. The van der Waals surface area contributed by atoms with Crippen LogP contribution in [0.5, 0.6) is 5.75 Å². The van der Waals surface area contributed by atoms with E-state index in [1.54, 1.807) is 7.11 Å². The van der Waals surface area contributed by atoms with Gasteiger partial charge in [0, 0.05) is 17.7 Å². The van der Waals surface area contributed by atoms with Gasteiger partial charge in [0.25, 0.3) is 0 Å². The average Bonchev–Trinajstić information content (AvgIpc) is 2.62. The first-order valence-electron chi connectivity index (χ1n) is 9.38. The van der Waals surface area contributed by atoms with Gasteiger partial charge in [0.05, 0.1) is 7.11 Å². The number of pyridine rings is 1. The quantitative estimate of drug-likeness (QED) is 0.538. The van der Waals surface area contributed by atoms with Crippen LogP contribution in [0.2, 0.25) is 0 Å². The molecule has 0 saturated heterocycles. The lowest BCUT2D eigenvalue weighted by Crippen LogP contribution is -1.94. The standard InChI is InChI=1S/C21H31NO2/c1-24-20-14-11-12-18-15-16-19(22-21(18)20)13-9-7-5-3-2-4-6-8-10-17-23/h11-12,14-16,23H,2-10,13,17H2,1H3. The van der Waals surface area contributed by atoms with Gasteiger partial charge >= 0.3 is 0 Å². The number of nitrogens with zero attached hydrogens (tertiary/aromatic N) is 1. The van der Waals surface area contributed by atoms with E-state index in [2.05, 4.69) is 18.2 Å². The second-order valence-electron chi connectivity index (χ2n) is 6.49. The number of aliphatic hydroxyl groups excluding tert-OH is 1. The molecule has 24 heavy (non-hydrogen) atoms. The predicted octanol–water partition coefficient (Wildman–Crippen LogP) is 5.29. The number of benzene rings is 1. The van der Waals surface area contributed by atoms with Gasteiger partial charge < -0.3 is 9.84 Å². The summed E-state index contributed by atoms with van der Waals surface area (Å²) >= 11 is 0. The summed E-state index contributed by atoms with van der Waals surface area (Å²) in [4.78, 5) is 4.78. The molecule has 1 heterocycles. The molecule has 0 atom stereocenters. The number of ether oxygens (including phenoxy) is 1. The molecule has 1 aromatic carbocycles. The number of para-hydroxylation sites is 1. The van der Waals surface area contributed by atoms with Crippen LogP contribution in [-0.2, 0) is 6.42 Å². The van der Waals surface area contributed by atoms with E-state index < -0.39 is 0 Å². The van der Waals surface area contributed by atoms with Crippen molar-refractivity contribution < 1.29 is 9.84 Å². The van der Waals surface area contributed by atoms with Gasteiger partial charge in [-0.05, 0) is 31.4 Å². The molecule has 0 aliphatic rings. The van der Waals surface area contributed by atoms with Crippen LogP contribution in [0.25, 0.3) is 10.9 Å². The van der Waals surface area contributed by atoms with Crippen molar-refractivity contribution in [1.29, 1.82) is 0 Å². The fraction of sp³-hybridized carbons (Fsp3) is 0.571. The van der Waals surface area contributed by atoms with Crippen LogP contribution in [0, 0.1) is 0 Å². The molecule has 0 aliphatic carbocycles. The molecule has 1 aromatic heterocycles. The smallest absolute Gasteiger partial charge is 0.145 e. The third kappa shape index (κ3) is 6.12. The summed E-state index contributed by atoms with van der Waals surface area (Å²) in [6, 6.07) is 10.3. The number of aliphatic hydroxyl groups is 1. The van der Waals surface area contributed by atoms with Gasteiger partial charge in [-0.1, -0.05) is 63.1 Å². The zero-order valence-electron chi connectivity index (χ0n) is 15.0. The molecule has 0 saturated carbocycles. The van der Waals surface area contributed by atoms with E-state index in [0.717, 1.165) is 35.2 Å². The zero-order chi connectivity index (χ0) is 17.0. The Morgan fingerprint density at radius 2 is 1.50 bits per heavy atom. The topological polar surface area (TPSA) is 42.4 Å². The molecule has 3 nitrogen and oxygen atoms in total. The first-order chi connectivity index (χ1) is 11.8. The van der Waals surface area contributed by atoms with E-state index in [4.69, 9.17) is 14.8 Å². The Labute approximate surface area is 146 Å². The van der Waals surface area contributed by atoms with Crippen molar-refractivity contribution in [3.8, 4) is 5.75 Å². The van der Waals surface area contributed by atoms with Crippen molar-refractivity contribution in [1.82, 2.24) is 4.98 Å². The summed E-state index contributed by atoms with van der Waals surface area (Å²) in [6.07, 6.45) is 12.2. The normalized spacial score (nSPS) is 11.1. The highest BCUT2D eigenvalue weighted by Crippen LogP contribution is 2.24. The molecular weight excluding hydrogens is 298 g/mol. The first-order valence-corrected chi connectivity index (χ1v) is 9.38. The maximum atomic E-state index is 8.74. The van der Waals surface area contributed by atoms with Crippen molar-refractivity contribution in [2.75, 3.05) is 13.7 Å². The Bertz CT molecular complexity index is 597. The van der Waals surface area contributed by atoms with E-state index >= 15 is 0 Å². The molecular formula is C21H31NO2. The molecule has 0 spiro atoms. The Kier molecular flexibility index (Phi) is 8.61. The molecule has 0 radical (unpaired) electrons. The minimum absolute atomic E-state index is 0.342. The SMILES string of the molecule is COc1cccc2ccc(CCCCCCCCCCCO)nc12. The largest absolute Gasteiger partial charge is 0.494 e. The number of aromatic nitrogens is 1. The van der Waals surface area contributed by atoms with Crippen molar-refractivity contribution >= 4 is 10.9 Å². The van der Waals surface area contributed by atoms with Gasteiger partial charge in [0.1, 0.15) is 11.3 Å². The van der Waals surface area contributed by atoms with Gasteiger partial charge in [-0.25, -0.2) is 4.98 Å². The minimum atomic E-state index is 0.342. The van der Waals surface area contributed by atoms with Gasteiger partial charge in [-0.2, -0.15) is 0 Å². The molecule has 132 valence electrons. The van der Waals surface area contributed by atoms with Gasteiger partial charge in [0.2, 0.25) is 0 Å². The monoisotopic (exact) mass is 329 g/mol. The lowest BCUT2D eigenvalue weighted by atomic mass is 10.1. The number of hydrogen-bond acceptors (Lipinski definition) is 3. The fourth-order valence-electron chi connectivity index (χ4n) is 3.12. The number of fused-ring (bicyclic) bond motifs is 1. The molecule has 2 aromatic rings. The molecule has 0 amide bonds. The lowest BCUT2D eigenvalue weighted by molar-refractivity contribution is 0.282. The summed E-state index contributed by atoms with van der Waals surface area (Å²) in [7, 11) is 1.70. The number of aryl methyl sites for hydroxylation is 1. The first kappa shape index (κ1) is 18.7. The predicted molar refractivity (Wildman–Crippen MR) is 101 cm³/mol. The molecule has 2 rings (SSSR count). The second kappa shape index (κ2) is 11.0. The molecule has 3 heteroatoms. The van der Waals surface area contributed by atoms with Crippen LogP contribution < -0.4 is 4.74 Å². The summed E-state index contributed by atoms with van der Waals surface area (Å²) < 4.78 is 5.41. The minimum Gasteiger partial charge on any atom is -0.494 e. The van der Waals surface area contributed by atoms with E-state index in [-0.39, 0.29) is 0 Å². The van der Waals surface area contributed by atoms with Crippen molar-refractivity contribution in [3.05, 3.63) is 36.0 Å². The Morgan fingerprint density at radius 1 is 0.833 bits per heavy atom. The Morgan fingerprint density at radius 3 is 2.17 bits per heavy atom. The second-order valence-corrected chi connectivity index (χ2v) is 6.49. The van der Waals surface area contributed by atoms with E-state index in [0.29, 0.717) is 6.61 Å². The molecule has 1 N–H and O–H groups in total. The summed E-state index contributed by atoms with van der Waals surface area (Å²) in [5.74, 6) is 0.857. The maximum Gasteiger partial charge on any atom is 0.145 e. The Hall–Kier alpha value is -1.61. The number of rotatable bonds is 12. The fourth-order valence-corrected chi connectivity index (χ4v) is 3.12. The van der Waals surface area contributed by atoms with Crippen molar-refractivity contribution in [2.24, 2.45) is 0 Å². The van der Waals surface area contributed by atoms with E-state index in [1.807, 2.05) is 12.1 Å². The Balaban J connectivity index is 1.65. The highest BCUT2D eigenvalue weighted by molar-refractivity contribution is 5.84. The van der Waals surface area contributed by atoms with Gasteiger partial charge in [-0.15, -0.1) is 0 Å². The van der Waals surface area contributed by atoms with Gasteiger partial charge in [0.15, 0.2) is 0 Å². The van der Waals surface area contributed by atoms with E-state index in [9.17, 15) is 0 Å². The van der Waals surface area contributed by atoms with Crippen LogP contribution in [0.3, 0.4) is 0 Å². The van der Waals surface area contributed by atoms with Crippen LogP contribution >= 0.6 is 0 Å². The maximum absolute atomic E-state index is 8.74. The third-order valence-electron chi connectivity index (χ3n) is 4.55. The average molecular weight is 329 g/mol. The number of unbranched alkanes of at least 4 members (excludes halogenated alkanes) is 8. The summed E-state index contributed by atoms with van der Waals surface area (Å²) in [5.41, 5.74) is 2.14. The highest BCUT2D eigenvalue weighted by atomic mass is 16.5. The van der Waals surface area contributed by atoms with Crippen LogP contribution in [0.15, 0.2) is 30.3 Å². The summed E-state index contributed by atoms with van der Waals surface area (Å²) in [6.45, 7) is 0.342. The number of methoxy groups -OCH3 is 1. The molecule has 0 bridgehead atoms. The van der Waals surface area contributed by atoms with Gasteiger partial charge in [-0.3, -0.25) is 0 Å². The zero-order valence-corrected chi connectivity index (χ0v) is 15.0. The van der Waals surface area contributed by atoms with Crippen LogP contribution in [0.4, 0.5) is 0 Å². The molecule has 0 unspecified atom stereocenters. The van der Waals surface area contributed by atoms with Crippen molar-refractivity contribution in [2.45, 2.75) is 64.2 Å². The highest BCUT2D eigenvalue weighted by Gasteiger charge is 2.04. The third-order valence-corrected chi connectivity index (χ3v) is 4.55.